The minimum Gasteiger partial charge on any atom is -0.373 e. The lowest BCUT2D eigenvalue weighted by Gasteiger charge is -2.17. The second-order valence-electron chi connectivity index (χ2n) is 5.81. The maximum Gasteiger partial charge on any atom is 0.306 e. The summed E-state index contributed by atoms with van der Waals surface area (Å²) in [5.41, 5.74) is 0.281. The Hall–Kier alpha value is -3.48. The number of nitrogens with zero attached hydrogens (tertiary/aromatic N) is 1. The summed E-state index contributed by atoms with van der Waals surface area (Å²) < 4.78 is 13.4. The lowest BCUT2D eigenvalue weighted by atomic mass is 10.1. The summed E-state index contributed by atoms with van der Waals surface area (Å²) in [7, 11) is 0. The molecule has 1 atom stereocenters. The molecule has 0 aliphatic heterocycles. The number of anilines is 2. The summed E-state index contributed by atoms with van der Waals surface area (Å²) in [4.78, 5) is 22.4. The van der Waals surface area contributed by atoms with E-state index < -0.39 is 22.5 Å². The highest BCUT2D eigenvalue weighted by Gasteiger charge is 2.18. The number of nitro benzene ring substituents is 1. The molecule has 3 aromatic rings. The van der Waals surface area contributed by atoms with Gasteiger partial charge in [-0.25, -0.2) is 0 Å². The Labute approximate surface area is 148 Å². The van der Waals surface area contributed by atoms with Crippen LogP contribution in [0, 0.1) is 15.9 Å². The zero-order chi connectivity index (χ0) is 18.7. The van der Waals surface area contributed by atoms with Crippen molar-refractivity contribution in [2.75, 3.05) is 10.6 Å². The molecule has 0 radical (unpaired) electrons. The Bertz CT molecular complexity index is 985. The molecule has 0 aliphatic carbocycles. The van der Waals surface area contributed by atoms with Crippen LogP contribution in [0.15, 0.2) is 60.7 Å². The normalized spacial score (nSPS) is 11.8. The topological polar surface area (TPSA) is 84.3 Å². The number of hydrogen-bond acceptors (Lipinski definition) is 4. The van der Waals surface area contributed by atoms with Crippen LogP contribution < -0.4 is 10.6 Å². The van der Waals surface area contributed by atoms with Gasteiger partial charge >= 0.3 is 5.69 Å². The fourth-order valence-corrected chi connectivity index (χ4v) is 2.63. The van der Waals surface area contributed by atoms with Gasteiger partial charge < -0.3 is 10.6 Å². The molecular formula is C19H16FN3O3. The number of halogens is 1. The third-order valence-electron chi connectivity index (χ3n) is 3.97. The molecule has 0 bridgehead atoms. The van der Waals surface area contributed by atoms with Gasteiger partial charge in [-0.3, -0.25) is 14.9 Å². The predicted molar refractivity (Wildman–Crippen MR) is 98.7 cm³/mol. The molecule has 1 amide bonds. The third kappa shape index (κ3) is 3.61. The van der Waals surface area contributed by atoms with Gasteiger partial charge in [-0.1, -0.05) is 36.4 Å². The second kappa shape index (κ2) is 7.18. The van der Waals surface area contributed by atoms with Crippen molar-refractivity contribution >= 4 is 33.7 Å². The number of nitrogens with one attached hydrogen (secondary N) is 2. The fourth-order valence-electron chi connectivity index (χ4n) is 2.63. The number of fused-ring (bicyclic) bond motifs is 1. The Morgan fingerprint density at radius 2 is 1.85 bits per heavy atom. The van der Waals surface area contributed by atoms with Crippen LogP contribution in [-0.4, -0.2) is 16.9 Å². The van der Waals surface area contributed by atoms with Gasteiger partial charge in [0.15, 0.2) is 0 Å². The van der Waals surface area contributed by atoms with Crippen LogP contribution in [0.1, 0.15) is 6.92 Å². The van der Waals surface area contributed by atoms with E-state index in [1.807, 2.05) is 42.5 Å². The van der Waals surface area contributed by atoms with Gasteiger partial charge in [-0.15, -0.1) is 0 Å². The van der Waals surface area contributed by atoms with Crippen LogP contribution in [0.3, 0.4) is 0 Å². The minimum atomic E-state index is -0.949. The van der Waals surface area contributed by atoms with Crippen molar-refractivity contribution in [2.24, 2.45) is 0 Å². The van der Waals surface area contributed by atoms with E-state index in [0.29, 0.717) is 0 Å². The fraction of sp³-hybridized carbons (Fsp3) is 0.105. The van der Waals surface area contributed by atoms with Gasteiger partial charge in [-0.2, -0.15) is 4.39 Å². The first-order valence-electron chi connectivity index (χ1n) is 7.95. The molecule has 0 spiro atoms. The van der Waals surface area contributed by atoms with Crippen molar-refractivity contribution in [3.05, 3.63) is 76.6 Å². The average molecular weight is 353 g/mol. The van der Waals surface area contributed by atoms with E-state index >= 15 is 0 Å². The Morgan fingerprint density at radius 3 is 2.62 bits per heavy atom. The molecule has 26 heavy (non-hydrogen) atoms. The summed E-state index contributed by atoms with van der Waals surface area (Å²) in [6, 6.07) is 16.1. The lowest BCUT2D eigenvalue weighted by Crippen LogP contribution is -2.31. The van der Waals surface area contributed by atoms with E-state index in [0.717, 1.165) is 28.6 Å². The first-order chi connectivity index (χ1) is 12.5. The quantitative estimate of drug-likeness (QED) is 0.528. The zero-order valence-electron chi connectivity index (χ0n) is 13.9. The van der Waals surface area contributed by atoms with Gasteiger partial charge in [0.2, 0.25) is 11.7 Å². The number of rotatable bonds is 5. The Morgan fingerprint density at radius 1 is 1.12 bits per heavy atom. The Kier molecular flexibility index (Phi) is 4.79. The third-order valence-corrected chi connectivity index (χ3v) is 3.97. The summed E-state index contributed by atoms with van der Waals surface area (Å²) in [6.07, 6.45) is 0. The highest BCUT2D eigenvalue weighted by atomic mass is 19.1. The van der Waals surface area contributed by atoms with Crippen LogP contribution in [0.25, 0.3) is 10.8 Å². The number of benzene rings is 3. The van der Waals surface area contributed by atoms with Crippen molar-refractivity contribution in [1.29, 1.82) is 0 Å². The largest absolute Gasteiger partial charge is 0.373 e. The molecule has 2 N–H and O–H groups in total. The number of carbonyl (C=O) groups is 1. The van der Waals surface area contributed by atoms with E-state index in [-0.39, 0.29) is 11.6 Å². The van der Waals surface area contributed by atoms with Crippen molar-refractivity contribution < 1.29 is 14.1 Å². The smallest absolute Gasteiger partial charge is 0.306 e. The molecule has 6 nitrogen and oxygen atoms in total. The molecule has 0 saturated heterocycles. The van der Waals surface area contributed by atoms with E-state index in [1.165, 1.54) is 6.07 Å². The summed E-state index contributed by atoms with van der Waals surface area (Å²) in [5.74, 6) is -1.34. The number of nitro groups is 1. The lowest BCUT2D eigenvalue weighted by molar-refractivity contribution is -0.387. The Balaban J connectivity index is 1.76. The molecule has 0 aromatic heterocycles. The first-order valence-corrected chi connectivity index (χ1v) is 7.95. The minimum absolute atomic E-state index is 0.162. The second-order valence-corrected chi connectivity index (χ2v) is 5.81. The van der Waals surface area contributed by atoms with Gasteiger partial charge in [0.1, 0.15) is 6.04 Å². The highest BCUT2D eigenvalue weighted by molar-refractivity contribution is 5.99. The molecule has 7 heteroatoms. The van der Waals surface area contributed by atoms with Crippen molar-refractivity contribution in [1.82, 2.24) is 0 Å². The molecule has 0 unspecified atom stereocenters. The molecule has 0 aliphatic rings. The molecular weight excluding hydrogens is 337 g/mol. The van der Waals surface area contributed by atoms with E-state index in [9.17, 15) is 19.3 Å². The van der Waals surface area contributed by atoms with Crippen molar-refractivity contribution in [2.45, 2.75) is 13.0 Å². The predicted octanol–water partition coefficient (Wildman–Crippen LogP) is 4.33. The van der Waals surface area contributed by atoms with Crippen LogP contribution in [0.2, 0.25) is 0 Å². The summed E-state index contributed by atoms with van der Waals surface area (Å²) >= 11 is 0. The first kappa shape index (κ1) is 17.3. The van der Waals surface area contributed by atoms with Crippen LogP contribution in [0.5, 0.6) is 0 Å². The molecule has 0 saturated carbocycles. The van der Waals surface area contributed by atoms with Gasteiger partial charge in [0, 0.05) is 22.8 Å². The van der Waals surface area contributed by atoms with Crippen LogP contribution in [-0.2, 0) is 4.79 Å². The van der Waals surface area contributed by atoms with Crippen LogP contribution in [0.4, 0.5) is 21.5 Å². The SMILES string of the molecule is C[C@@H](Nc1cccc2ccccc12)C(=O)Nc1ccc(F)c([N+](=O)[O-])c1. The molecule has 3 rings (SSSR count). The van der Waals surface area contributed by atoms with Gasteiger partial charge in [-0.05, 0) is 30.5 Å². The van der Waals surface area contributed by atoms with Gasteiger partial charge in [0.05, 0.1) is 4.92 Å². The van der Waals surface area contributed by atoms with Gasteiger partial charge in [0.25, 0.3) is 0 Å². The van der Waals surface area contributed by atoms with E-state index in [2.05, 4.69) is 10.6 Å². The summed E-state index contributed by atoms with van der Waals surface area (Å²) in [6.45, 7) is 1.68. The average Bonchev–Trinajstić information content (AvgIpc) is 2.63. The molecule has 132 valence electrons. The van der Waals surface area contributed by atoms with Crippen molar-refractivity contribution in [3.8, 4) is 0 Å². The standard InChI is InChI=1S/C19H16FN3O3/c1-12(21-17-8-4-6-13-5-2-3-7-15(13)17)19(24)22-14-9-10-16(20)18(11-14)23(25)26/h2-12,21H,1H3,(H,22,24)/t12-/m1/s1. The summed E-state index contributed by atoms with van der Waals surface area (Å²) in [5, 5.41) is 18.5. The molecule has 0 heterocycles. The number of hydrogen-bond donors (Lipinski definition) is 2. The van der Waals surface area contributed by atoms with E-state index in [1.54, 1.807) is 6.92 Å². The zero-order valence-corrected chi connectivity index (χ0v) is 13.9. The maximum atomic E-state index is 13.4. The number of carbonyl (C=O) groups excluding carboxylic acids is 1. The number of amides is 1. The van der Waals surface area contributed by atoms with Crippen molar-refractivity contribution in [3.63, 3.8) is 0 Å². The monoisotopic (exact) mass is 353 g/mol. The van der Waals surface area contributed by atoms with Crippen LogP contribution >= 0.6 is 0 Å². The van der Waals surface area contributed by atoms with E-state index in [4.69, 9.17) is 0 Å². The highest BCUT2D eigenvalue weighted by Crippen LogP contribution is 2.24. The molecule has 0 fully saturated rings. The maximum absolute atomic E-state index is 13.4. The molecule has 3 aromatic carbocycles.